The molecule has 0 aliphatic rings. The van der Waals surface area contributed by atoms with Crippen LogP contribution in [-0.4, -0.2) is 16.6 Å². The molecule has 0 atom stereocenters. The predicted molar refractivity (Wildman–Crippen MR) is 52.5 cm³/mol. The van der Waals surface area contributed by atoms with Crippen LogP contribution < -0.4 is 5.73 Å². The first-order chi connectivity index (χ1) is 6.99. The van der Waals surface area contributed by atoms with E-state index in [1.165, 1.54) is 0 Å². The number of rotatable bonds is 3. The molecule has 0 unspecified atom stereocenters. The van der Waals surface area contributed by atoms with E-state index < -0.39 is 39.3 Å². The van der Waals surface area contributed by atoms with Crippen molar-refractivity contribution in [1.82, 2.24) is 0 Å². The highest BCUT2D eigenvalue weighted by Gasteiger charge is 2.22. The van der Waals surface area contributed by atoms with Crippen LogP contribution in [0.5, 0.6) is 0 Å². The number of halogens is 2. The minimum Gasteiger partial charge on any atom is -0.392 e. The minimum absolute atomic E-state index is 0.484. The number of ketones is 1. The number of hydrogen-bond donors (Lipinski definition) is 1. The highest BCUT2D eigenvalue weighted by atomic mass is 35.5. The van der Waals surface area contributed by atoms with Crippen LogP contribution in [0, 0.1) is 15.9 Å². The van der Waals surface area contributed by atoms with Crippen molar-refractivity contribution in [2.24, 2.45) is 0 Å². The summed E-state index contributed by atoms with van der Waals surface area (Å²) in [6.07, 6.45) is 0. The molecule has 1 aromatic rings. The predicted octanol–water partition coefficient (Wildman–Crippen LogP) is 1.74. The molecule has 0 aromatic heterocycles. The van der Waals surface area contributed by atoms with E-state index in [4.69, 9.17) is 17.3 Å². The van der Waals surface area contributed by atoms with E-state index in [1.807, 2.05) is 0 Å². The first-order valence-corrected chi connectivity index (χ1v) is 4.34. The maximum absolute atomic E-state index is 13.1. The van der Waals surface area contributed by atoms with Gasteiger partial charge in [-0.1, -0.05) is 0 Å². The fraction of sp³-hybridized carbons (Fsp3) is 0.125. The molecule has 0 saturated heterocycles. The van der Waals surface area contributed by atoms with Crippen LogP contribution in [0.1, 0.15) is 10.4 Å². The molecule has 1 aromatic carbocycles. The van der Waals surface area contributed by atoms with Gasteiger partial charge in [0.25, 0.3) is 5.69 Å². The third kappa shape index (κ3) is 2.04. The first kappa shape index (κ1) is 11.4. The zero-order valence-electron chi connectivity index (χ0n) is 7.37. The van der Waals surface area contributed by atoms with Crippen molar-refractivity contribution >= 4 is 28.8 Å². The van der Waals surface area contributed by atoms with E-state index in [1.54, 1.807) is 0 Å². The van der Waals surface area contributed by atoms with E-state index in [9.17, 15) is 19.3 Å². The Hall–Kier alpha value is -1.69. The number of nitrogen functional groups attached to an aromatic ring is 1. The van der Waals surface area contributed by atoms with E-state index in [0.717, 1.165) is 12.1 Å². The third-order valence-corrected chi connectivity index (χ3v) is 2.01. The number of carbonyl (C=O) groups is 1. The summed E-state index contributed by atoms with van der Waals surface area (Å²) in [4.78, 5) is 20.8. The van der Waals surface area contributed by atoms with Crippen molar-refractivity contribution < 1.29 is 14.1 Å². The molecule has 5 nitrogen and oxygen atoms in total. The number of nitrogens with zero attached hydrogens (tertiary/aromatic N) is 1. The number of carbonyl (C=O) groups excluding carboxylic acids is 1. The maximum atomic E-state index is 13.1. The van der Waals surface area contributed by atoms with Gasteiger partial charge in [0, 0.05) is 6.07 Å². The molecule has 80 valence electrons. The fourth-order valence-corrected chi connectivity index (χ4v) is 1.22. The summed E-state index contributed by atoms with van der Waals surface area (Å²) in [5, 5.41) is 10.5. The van der Waals surface area contributed by atoms with E-state index in [0.29, 0.717) is 0 Å². The molecular weight excluding hydrogens is 227 g/mol. The molecule has 15 heavy (non-hydrogen) atoms. The summed E-state index contributed by atoms with van der Waals surface area (Å²) in [6, 6.07) is 1.71. The first-order valence-electron chi connectivity index (χ1n) is 3.80. The topological polar surface area (TPSA) is 86.2 Å². The van der Waals surface area contributed by atoms with Gasteiger partial charge in [-0.15, -0.1) is 11.6 Å². The highest BCUT2D eigenvalue weighted by molar-refractivity contribution is 6.31. The SMILES string of the molecule is Nc1c([N+](=O)[O-])ccc(F)c1C(=O)CCl. The number of benzene rings is 1. The van der Waals surface area contributed by atoms with Crippen LogP contribution in [0.15, 0.2) is 12.1 Å². The normalized spacial score (nSPS) is 10.0. The summed E-state index contributed by atoms with van der Waals surface area (Å²) in [6.45, 7) is 0. The number of alkyl halides is 1. The van der Waals surface area contributed by atoms with Crippen molar-refractivity contribution in [3.63, 3.8) is 0 Å². The second-order valence-electron chi connectivity index (χ2n) is 2.67. The van der Waals surface area contributed by atoms with Crippen LogP contribution in [0.4, 0.5) is 15.8 Å². The molecule has 0 radical (unpaired) electrons. The van der Waals surface area contributed by atoms with Crippen molar-refractivity contribution in [3.05, 3.63) is 33.6 Å². The molecule has 7 heteroatoms. The van der Waals surface area contributed by atoms with Gasteiger partial charge in [-0.2, -0.15) is 0 Å². The molecule has 0 aliphatic carbocycles. The number of hydrogen-bond acceptors (Lipinski definition) is 4. The largest absolute Gasteiger partial charge is 0.392 e. The van der Waals surface area contributed by atoms with Gasteiger partial charge < -0.3 is 5.73 Å². The van der Waals surface area contributed by atoms with Crippen LogP contribution >= 0.6 is 11.6 Å². The van der Waals surface area contributed by atoms with Crippen LogP contribution in [0.2, 0.25) is 0 Å². The molecule has 0 spiro atoms. The standard InChI is InChI=1S/C8H6ClFN2O3/c9-3-6(13)7-4(10)1-2-5(8(7)11)12(14)15/h1-2H,3,11H2. The van der Waals surface area contributed by atoms with Gasteiger partial charge in [0.2, 0.25) is 0 Å². The highest BCUT2D eigenvalue weighted by Crippen LogP contribution is 2.27. The number of Topliss-reactive ketones (excluding diaryl/α,β-unsaturated/α-hetero) is 1. The van der Waals surface area contributed by atoms with Crippen molar-refractivity contribution in [2.45, 2.75) is 0 Å². The van der Waals surface area contributed by atoms with Gasteiger partial charge in [0.15, 0.2) is 5.78 Å². The van der Waals surface area contributed by atoms with Gasteiger partial charge in [0.05, 0.1) is 16.4 Å². The zero-order valence-corrected chi connectivity index (χ0v) is 8.12. The molecule has 0 saturated carbocycles. The quantitative estimate of drug-likeness (QED) is 0.283. The number of nitrogens with two attached hydrogens (primary N) is 1. The van der Waals surface area contributed by atoms with Crippen molar-refractivity contribution in [2.75, 3.05) is 11.6 Å². The summed E-state index contributed by atoms with van der Waals surface area (Å²) >= 11 is 5.22. The van der Waals surface area contributed by atoms with Gasteiger partial charge in [-0.05, 0) is 6.07 Å². The molecule has 2 N–H and O–H groups in total. The van der Waals surface area contributed by atoms with Gasteiger partial charge in [-0.25, -0.2) is 4.39 Å². The lowest BCUT2D eigenvalue weighted by Gasteiger charge is -2.04. The Morgan fingerprint density at radius 3 is 2.67 bits per heavy atom. The van der Waals surface area contributed by atoms with Crippen LogP contribution in [0.25, 0.3) is 0 Å². The van der Waals surface area contributed by atoms with Gasteiger partial charge in [-0.3, -0.25) is 14.9 Å². The van der Waals surface area contributed by atoms with Gasteiger partial charge in [0.1, 0.15) is 11.5 Å². The molecule has 0 bridgehead atoms. The molecule has 0 heterocycles. The fourth-order valence-electron chi connectivity index (χ4n) is 1.09. The lowest BCUT2D eigenvalue weighted by molar-refractivity contribution is -0.384. The molecule has 0 fully saturated rings. The summed E-state index contributed by atoms with van der Waals surface area (Å²) in [5.74, 6) is -2.18. The van der Waals surface area contributed by atoms with E-state index >= 15 is 0 Å². The number of nitro groups is 1. The molecule has 0 aliphatic heterocycles. The summed E-state index contributed by atoms with van der Waals surface area (Å²) in [7, 11) is 0. The minimum atomic E-state index is -0.913. The average Bonchev–Trinajstić information content (AvgIpc) is 2.16. The zero-order chi connectivity index (χ0) is 11.6. The average molecular weight is 233 g/mol. The Bertz CT molecular complexity index is 436. The van der Waals surface area contributed by atoms with Crippen LogP contribution in [-0.2, 0) is 0 Å². The maximum Gasteiger partial charge on any atom is 0.293 e. The monoisotopic (exact) mass is 232 g/mol. The Morgan fingerprint density at radius 1 is 1.60 bits per heavy atom. The summed E-state index contributed by atoms with van der Waals surface area (Å²) < 4.78 is 13.1. The lowest BCUT2D eigenvalue weighted by atomic mass is 10.1. The van der Waals surface area contributed by atoms with Crippen LogP contribution in [0.3, 0.4) is 0 Å². The lowest BCUT2D eigenvalue weighted by Crippen LogP contribution is -2.10. The van der Waals surface area contributed by atoms with Crippen molar-refractivity contribution in [1.29, 1.82) is 0 Å². The molecule has 0 amide bonds. The van der Waals surface area contributed by atoms with Gasteiger partial charge >= 0.3 is 0 Å². The van der Waals surface area contributed by atoms with Crippen molar-refractivity contribution in [3.8, 4) is 0 Å². The smallest absolute Gasteiger partial charge is 0.293 e. The Labute approximate surface area is 88.8 Å². The Balaban J connectivity index is 3.43. The number of anilines is 1. The Morgan fingerprint density at radius 2 is 2.20 bits per heavy atom. The molecule has 1 rings (SSSR count). The number of nitro benzene ring substituents is 1. The third-order valence-electron chi connectivity index (χ3n) is 1.77. The summed E-state index contributed by atoms with van der Waals surface area (Å²) in [5.41, 5.74) is 3.77. The van der Waals surface area contributed by atoms with E-state index in [-0.39, 0.29) is 0 Å². The second kappa shape index (κ2) is 4.22. The second-order valence-corrected chi connectivity index (χ2v) is 2.94. The van der Waals surface area contributed by atoms with E-state index in [2.05, 4.69) is 0 Å². The Kier molecular flexibility index (Phi) is 3.21. The molecular formula is C8H6ClFN2O3.